The molecule has 1 N–H and O–H groups in total. The standard InChI is InChI=1S/C26H35NO3/c1-5-6-7-14-19-22(28)24(25(29)30-26(2,3)4)27-23(20-15-10-8-11-16-20)21-17-12-9-13-18-21/h8-13,15-18,22,24,28H,5-7,14,19H2,1-4H3/t22-,24+/m1/s1. The van der Waals surface area contributed by atoms with E-state index in [1.54, 1.807) is 0 Å². The number of nitrogens with zero attached hydrogens (tertiary/aromatic N) is 1. The molecule has 4 heteroatoms. The van der Waals surface area contributed by atoms with E-state index >= 15 is 0 Å². The van der Waals surface area contributed by atoms with Crippen LogP contribution >= 0.6 is 0 Å². The minimum atomic E-state index is -0.971. The van der Waals surface area contributed by atoms with Crippen molar-refractivity contribution in [2.45, 2.75) is 77.5 Å². The molecular weight excluding hydrogens is 374 g/mol. The van der Waals surface area contributed by atoms with Gasteiger partial charge in [0.2, 0.25) is 0 Å². The highest BCUT2D eigenvalue weighted by atomic mass is 16.6. The number of benzene rings is 2. The molecule has 2 rings (SSSR count). The molecule has 0 heterocycles. The maximum Gasteiger partial charge on any atom is 0.334 e. The first-order chi connectivity index (χ1) is 14.3. The summed E-state index contributed by atoms with van der Waals surface area (Å²) in [6.45, 7) is 7.63. The van der Waals surface area contributed by atoms with Gasteiger partial charge in [0.25, 0.3) is 0 Å². The molecule has 0 fully saturated rings. The van der Waals surface area contributed by atoms with Crippen molar-refractivity contribution in [2.75, 3.05) is 0 Å². The van der Waals surface area contributed by atoms with Crippen LogP contribution in [0.4, 0.5) is 0 Å². The zero-order valence-electron chi connectivity index (χ0n) is 18.7. The molecule has 2 aromatic rings. The number of carbonyl (C=O) groups excluding carboxylic acids is 1. The number of aliphatic hydroxyl groups is 1. The van der Waals surface area contributed by atoms with Crippen molar-refractivity contribution in [1.82, 2.24) is 0 Å². The Morgan fingerprint density at radius 2 is 1.47 bits per heavy atom. The molecule has 2 atom stereocenters. The van der Waals surface area contributed by atoms with Crippen LogP contribution in [-0.2, 0) is 9.53 Å². The molecule has 0 radical (unpaired) electrons. The average Bonchev–Trinajstić information content (AvgIpc) is 2.71. The summed E-state index contributed by atoms with van der Waals surface area (Å²) in [5.74, 6) is -0.491. The van der Waals surface area contributed by atoms with Gasteiger partial charge in [0, 0.05) is 11.1 Å². The topological polar surface area (TPSA) is 58.9 Å². The Morgan fingerprint density at radius 1 is 0.933 bits per heavy atom. The second kappa shape index (κ2) is 11.7. The van der Waals surface area contributed by atoms with Gasteiger partial charge in [-0.3, -0.25) is 4.99 Å². The third kappa shape index (κ3) is 7.75. The van der Waals surface area contributed by atoms with Crippen molar-refractivity contribution in [3.05, 3.63) is 71.8 Å². The highest BCUT2D eigenvalue weighted by Crippen LogP contribution is 2.19. The summed E-state index contributed by atoms with van der Waals surface area (Å²) < 4.78 is 5.62. The molecule has 0 saturated carbocycles. The number of aliphatic imine (C=N–C) groups is 1. The molecule has 0 unspecified atom stereocenters. The lowest BCUT2D eigenvalue weighted by Crippen LogP contribution is -2.39. The van der Waals surface area contributed by atoms with E-state index in [2.05, 4.69) is 6.92 Å². The van der Waals surface area contributed by atoms with E-state index < -0.39 is 23.7 Å². The fraction of sp³-hybridized carbons (Fsp3) is 0.462. The fourth-order valence-corrected chi connectivity index (χ4v) is 3.24. The van der Waals surface area contributed by atoms with E-state index in [-0.39, 0.29) is 0 Å². The minimum absolute atomic E-state index is 0.491. The Morgan fingerprint density at radius 3 is 1.93 bits per heavy atom. The van der Waals surface area contributed by atoms with Gasteiger partial charge in [-0.25, -0.2) is 4.79 Å². The van der Waals surface area contributed by atoms with E-state index in [1.165, 1.54) is 0 Å². The molecule has 0 bridgehead atoms. The van der Waals surface area contributed by atoms with E-state index in [1.807, 2.05) is 81.4 Å². The molecule has 30 heavy (non-hydrogen) atoms. The first-order valence-electron chi connectivity index (χ1n) is 10.9. The summed E-state index contributed by atoms with van der Waals surface area (Å²) in [5, 5.41) is 10.9. The van der Waals surface area contributed by atoms with Crippen LogP contribution in [0.5, 0.6) is 0 Å². The van der Waals surface area contributed by atoms with Crippen molar-refractivity contribution in [2.24, 2.45) is 4.99 Å². The minimum Gasteiger partial charge on any atom is -0.458 e. The van der Waals surface area contributed by atoms with Gasteiger partial charge in [-0.15, -0.1) is 0 Å². The summed E-state index contributed by atoms with van der Waals surface area (Å²) in [5.41, 5.74) is 1.83. The molecule has 2 aromatic carbocycles. The van der Waals surface area contributed by atoms with Crippen LogP contribution in [0, 0.1) is 0 Å². The smallest absolute Gasteiger partial charge is 0.334 e. The Bertz CT molecular complexity index is 753. The summed E-state index contributed by atoms with van der Waals surface area (Å²) in [7, 11) is 0. The van der Waals surface area contributed by atoms with Crippen LogP contribution in [0.3, 0.4) is 0 Å². The molecule has 0 amide bonds. The number of ether oxygens (including phenoxy) is 1. The van der Waals surface area contributed by atoms with E-state index in [0.717, 1.165) is 36.8 Å². The van der Waals surface area contributed by atoms with Crippen LogP contribution in [-0.4, -0.2) is 34.5 Å². The third-order valence-corrected chi connectivity index (χ3v) is 4.73. The lowest BCUT2D eigenvalue weighted by atomic mass is 9.99. The van der Waals surface area contributed by atoms with Gasteiger partial charge in [0.1, 0.15) is 5.60 Å². The predicted octanol–water partition coefficient (Wildman–Crippen LogP) is 5.57. The van der Waals surface area contributed by atoms with Crippen molar-refractivity contribution >= 4 is 11.7 Å². The number of esters is 1. The number of hydrogen-bond donors (Lipinski definition) is 1. The lowest BCUT2D eigenvalue weighted by molar-refractivity contribution is -0.159. The van der Waals surface area contributed by atoms with Gasteiger partial charge in [0.05, 0.1) is 11.8 Å². The van der Waals surface area contributed by atoms with Crippen molar-refractivity contribution in [1.29, 1.82) is 0 Å². The van der Waals surface area contributed by atoms with E-state index in [4.69, 9.17) is 9.73 Å². The van der Waals surface area contributed by atoms with Gasteiger partial charge in [0.15, 0.2) is 6.04 Å². The first kappa shape index (κ1) is 23.8. The summed E-state index contributed by atoms with van der Waals surface area (Å²) in [6, 6.07) is 18.5. The number of unbranched alkanes of at least 4 members (excludes halogenated alkanes) is 3. The molecule has 4 nitrogen and oxygen atoms in total. The lowest BCUT2D eigenvalue weighted by Gasteiger charge is -2.25. The fourth-order valence-electron chi connectivity index (χ4n) is 3.24. The highest BCUT2D eigenvalue weighted by molar-refractivity contribution is 6.13. The molecule has 0 aliphatic heterocycles. The maximum atomic E-state index is 13.0. The number of aliphatic hydroxyl groups excluding tert-OH is 1. The second-order valence-electron chi connectivity index (χ2n) is 8.60. The quantitative estimate of drug-likeness (QED) is 0.317. The van der Waals surface area contributed by atoms with Gasteiger partial charge in [-0.05, 0) is 27.2 Å². The van der Waals surface area contributed by atoms with Crippen LogP contribution in [0.1, 0.15) is 70.9 Å². The van der Waals surface area contributed by atoms with Crippen LogP contribution in [0.2, 0.25) is 0 Å². The monoisotopic (exact) mass is 409 g/mol. The zero-order valence-corrected chi connectivity index (χ0v) is 18.7. The molecular formula is C26H35NO3. The van der Waals surface area contributed by atoms with E-state index in [9.17, 15) is 9.90 Å². The largest absolute Gasteiger partial charge is 0.458 e. The number of rotatable bonds is 10. The Kier molecular flexibility index (Phi) is 9.25. The van der Waals surface area contributed by atoms with Gasteiger partial charge < -0.3 is 9.84 Å². The molecule has 0 aromatic heterocycles. The van der Waals surface area contributed by atoms with Crippen molar-refractivity contribution in [3.8, 4) is 0 Å². The van der Waals surface area contributed by atoms with Crippen LogP contribution < -0.4 is 0 Å². The first-order valence-corrected chi connectivity index (χ1v) is 10.9. The summed E-state index contributed by atoms with van der Waals surface area (Å²) >= 11 is 0. The van der Waals surface area contributed by atoms with Crippen molar-refractivity contribution < 1.29 is 14.6 Å². The highest BCUT2D eigenvalue weighted by Gasteiger charge is 2.31. The van der Waals surface area contributed by atoms with E-state index in [0.29, 0.717) is 12.1 Å². The molecule has 0 aliphatic carbocycles. The summed E-state index contributed by atoms with van der Waals surface area (Å²) in [6.07, 6.45) is 3.75. The molecule has 0 saturated heterocycles. The SMILES string of the molecule is CCCCCC[C@@H](O)[C@H](N=C(c1ccccc1)c1ccccc1)C(=O)OC(C)(C)C. The van der Waals surface area contributed by atoms with Crippen LogP contribution in [0.25, 0.3) is 0 Å². The Hall–Kier alpha value is -2.46. The van der Waals surface area contributed by atoms with Gasteiger partial charge in [-0.1, -0.05) is 93.3 Å². The summed E-state index contributed by atoms with van der Waals surface area (Å²) in [4.78, 5) is 17.8. The predicted molar refractivity (Wildman–Crippen MR) is 123 cm³/mol. The van der Waals surface area contributed by atoms with Crippen molar-refractivity contribution in [3.63, 3.8) is 0 Å². The number of hydrogen-bond acceptors (Lipinski definition) is 4. The second-order valence-corrected chi connectivity index (χ2v) is 8.60. The zero-order chi connectivity index (χ0) is 22.0. The molecule has 162 valence electrons. The Balaban J connectivity index is 2.41. The normalized spacial score (nSPS) is 13.4. The molecule has 0 spiro atoms. The Labute approximate surface area is 181 Å². The maximum absolute atomic E-state index is 13.0. The average molecular weight is 410 g/mol. The van der Waals surface area contributed by atoms with Gasteiger partial charge >= 0.3 is 5.97 Å². The van der Waals surface area contributed by atoms with Crippen LogP contribution in [0.15, 0.2) is 65.7 Å². The molecule has 0 aliphatic rings. The number of carbonyl (C=O) groups is 1. The third-order valence-electron chi connectivity index (χ3n) is 4.73. The van der Waals surface area contributed by atoms with Gasteiger partial charge in [-0.2, -0.15) is 0 Å².